The molecule has 0 saturated carbocycles. The van der Waals surface area contributed by atoms with Crippen molar-refractivity contribution in [1.29, 1.82) is 0 Å². The van der Waals surface area contributed by atoms with Crippen molar-refractivity contribution in [2.45, 2.75) is 4.90 Å². The molecule has 0 saturated heterocycles. The Hall–Kier alpha value is -3.06. The van der Waals surface area contributed by atoms with Crippen molar-refractivity contribution >= 4 is 38.2 Å². The number of nitrogens with zero attached hydrogens (tertiary/aromatic N) is 2. The van der Waals surface area contributed by atoms with Gasteiger partial charge in [0.2, 0.25) is 0 Å². The molecule has 0 bridgehead atoms. The number of rotatable bonds is 2. The number of anilines is 2. The molecule has 1 heterocycles. The highest BCUT2D eigenvalue weighted by Crippen LogP contribution is 2.39. The van der Waals surface area contributed by atoms with Gasteiger partial charge in [0.25, 0.3) is 10.0 Å². The van der Waals surface area contributed by atoms with Crippen LogP contribution < -0.4 is 13.9 Å². The summed E-state index contributed by atoms with van der Waals surface area (Å²) in [7, 11) is -0.992. The van der Waals surface area contributed by atoms with Crippen LogP contribution in [0.5, 0.6) is 5.75 Å². The zero-order valence-corrected chi connectivity index (χ0v) is 15.0. The summed E-state index contributed by atoms with van der Waals surface area (Å²) >= 11 is 0. The van der Waals surface area contributed by atoms with Crippen LogP contribution in [-0.2, 0) is 10.0 Å². The molecule has 1 aliphatic heterocycles. The van der Waals surface area contributed by atoms with Gasteiger partial charge < -0.3 is 4.74 Å². The maximum Gasteiger partial charge on any atom is 0.342 e. The Bertz CT molecular complexity index is 1140. The lowest BCUT2D eigenvalue weighted by atomic mass is 10.1. The smallest absolute Gasteiger partial charge is 0.342 e. The molecule has 0 fully saturated rings. The molecule has 7 heteroatoms. The second-order valence-corrected chi connectivity index (χ2v) is 7.73. The molecule has 0 atom stereocenters. The number of ether oxygens (including phenoxy) is 1. The maximum absolute atomic E-state index is 13.1. The Morgan fingerprint density at radius 3 is 2.38 bits per heavy atom. The summed E-state index contributed by atoms with van der Waals surface area (Å²) in [6.45, 7) is 0. The van der Waals surface area contributed by atoms with Crippen molar-refractivity contribution in [3.05, 3.63) is 60.7 Å². The molecule has 6 nitrogen and oxygen atoms in total. The van der Waals surface area contributed by atoms with Crippen molar-refractivity contribution in [2.75, 3.05) is 23.4 Å². The SMILES string of the molecule is COc1ccc2c(c1)N(C)C(=O)N(c1ccc3ccccc3c1)S2(=O)=O. The monoisotopic (exact) mass is 368 g/mol. The third-order valence-electron chi connectivity index (χ3n) is 4.47. The molecular weight excluding hydrogens is 352 g/mol. The number of hydrogen-bond donors (Lipinski definition) is 0. The van der Waals surface area contributed by atoms with E-state index < -0.39 is 16.1 Å². The van der Waals surface area contributed by atoms with E-state index in [-0.39, 0.29) is 4.90 Å². The third kappa shape index (κ3) is 2.32. The molecule has 0 unspecified atom stereocenters. The van der Waals surface area contributed by atoms with E-state index in [1.165, 1.54) is 18.1 Å². The van der Waals surface area contributed by atoms with Crippen LogP contribution in [-0.4, -0.2) is 28.6 Å². The molecule has 4 rings (SSSR count). The van der Waals surface area contributed by atoms with Crippen LogP contribution in [0.3, 0.4) is 0 Å². The van der Waals surface area contributed by atoms with Crippen molar-refractivity contribution in [1.82, 2.24) is 0 Å². The predicted octanol–water partition coefficient (Wildman–Crippen LogP) is 3.61. The van der Waals surface area contributed by atoms with Gasteiger partial charge >= 0.3 is 6.03 Å². The Morgan fingerprint density at radius 1 is 0.923 bits per heavy atom. The van der Waals surface area contributed by atoms with E-state index in [1.54, 1.807) is 37.4 Å². The minimum Gasteiger partial charge on any atom is -0.497 e. The first-order valence-electron chi connectivity index (χ1n) is 7.93. The largest absolute Gasteiger partial charge is 0.497 e. The van der Waals surface area contributed by atoms with E-state index in [1.807, 2.05) is 24.3 Å². The molecule has 2 amide bonds. The average molecular weight is 368 g/mol. The Morgan fingerprint density at radius 2 is 1.65 bits per heavy atom. The summed E-state index contributed by atoms with van der Waals surface area (Å²) in [5, 5.41) is 1.83. The normalized spacial score (nSPS) is 15.8. The van der Waals surface area contributed by atoms with Gasteiger partial charge in [-0.25, -0.2) is 13.2 Å². The van der Waals surface area contributed by atoms with Crippen molar-refractivity contribution in [3.63, 3.8) is 0 Å². The lowest BCUT2D eigenvalue weighted by Crippen LogP contribution is -2.49. The van der Waals surface area contributed by atoms with Gasteiger partial charge in [0.05, 0.1) is 18.5 Å². The number of fused-ring (bicyclic) bond motifs is 2. The van der Waals surface area contributed by atoms with E-state index in [9.17, 15) is 13.2 Å². The number of carbonyl (C=O) groups is 1. The van der Waals surface area contributed by atoms with Crippen molar-refractivity contribution < 1.29 is 17.9 Å². The van der Waals surface area contributed by atoms with Gasteiger partial charge in [-0.1, -0.05) is 30.3 Å². The van der Waals surface area contributed by atoms with Crippen molar-refractivity contribution in [3.8, 4) is 5.75 Å². The summed E-state index contributed by atoms with van der Waals surface area (Å²) in [5.74, 6) is 0.484. The van der Waals surface area contributed by atoms with E-state index in [2.05, 4.69) is 0 Å². The van der Waals surface area contributed by atoms with Crippen LogP contribution in [0.15, 0.2) is 65.6 Å². The summed E-state index contributed by atoms with van der Waals surface area (Å²) in [6, 6.07) is 16.7. The summed E-state index contributed by atoms with van der Waals surface area (Å²) in [4.78, 5) is 14.2. The highest BCUT2D eigenvalue weighted by atomic mass is 32.2. The predicted molar refractivity (Wildman–Crippen MR) is 100 cm³/mol. The van der Waals surface area contributed by atoms with E-state index >= 15 is 0 Å². The number of amides is 2. The summed E-state index contributed by atoms with van der Waals surface area (Å²) < 4.78 is 32.3. The number of methoxy groups -OCH3 is 1. The van der Waals surface area contributed by atoms with Gasteiger partial charge in [-0.3, -0.25) is 4.90 Å². The first kappa shape index (κ1) is 16.4. The molecule has 0 radical (unpaired) electrons. The quantitative estimate of drug-likeness (QED) is 0.693. The molecule has 3 aromatic rings. The third-order valence-corrected chi connectivity index (χ3v) is 6.22. The van der Waals surface area contributed by atoms with Gasteiger partial charge in [0.15, 0.2) is 0 Å². The molecule has 26 heavy (non-hydrogen) atoms. The molecule has 3 aromatic carbocycles. The highest BCUT2D eigenvalue weighted by molar-refractivity contribution is 7.94. The Labute approximate surface area is 151 Å². The molecule has 0 spiro atoms. The molecule has 1 aliphatic rings. The van der Waals surface area contributed by atoms with E-state index in [4.69, 9.17) is 4.74 Å². The van der Waals surface area contributed by atoms with Crippen LogP contribution in [0.4, 0.5) is 16.2 Å². The summed E-state index contributed by atoms with van der Waals surface area (Å²) in [5.41, 5.74) is 0.605. The molecule has 0 aliphatic carbocycles. The first-order valence-corrected chi connectivity index (χ1v) is 9.37. The molecule has 0 aromatic heterocycles. The molecular formula is C19H16N2O4S. The Balaban J connectivity index is 1.92. The van der Waals surface area contributed by atoms with Crippen LogP contribution in [0.2, 0.25) is 0 Å². The highest BCUT2D eigenvalue weighted by Gasteiger charge is 2.41. The molecule has 0 N–H and O–H groups in total. The maximum atomic E-state index is 13.1. The van der Waals surface area contributed by atoms with E-state index in [0.29, 0.717) is 17.1 Å². The fourth-order valence-corrected chi connectivity index (χ4v) is 4.71. The lowest BCUT2D eigenvalue weighted by molar-refractivity contribution is 0.255. The average Bonchev–Trinajstić information content (AvgIpc) is 2.65. The van der Waals surface area contributed by atoms with Crippen LogP contribution in [0.25, 0.3) is 10.8 Å². The van der Waals surface area contributed by atoms with Gasteiger partial charge in [-0.2, -0.15) is 4.31 Å². The minimum absolute atomic E-state index is 0.0635. The summed E-state index contributed by atoms with van der Waals surface area (Å²) in [6.07, 6.45) is 0. The fourth-order valence-electron chi connectivity index (χ4n) is 3.10. The first-order chi connectivity index (χ1) is 12.4. The van der Waals surface area contributed by atoms with Crippen LogP contribution in [0.1, 0.15) is 0 Å². The fraction of sp³-hybridized carbons (Fsp3) is 0.105. The zero-order valence-electron chi connectivity index (χ0n) is 14.2. The lowest BCUT2D eigenvalue weighted by Gasteiger charge is -2.34. The number of urea groups is 1. The minimum atomic E-state index is -4.03. The van der Waals surface area contributed by atoms with Gasteiger partial charge in [-0.15, -0.1) is 0 Å². The van der Waals surface area contributed by atoms with E-state index in [0.717, 1.165) is 15.1 Å². The molecule has 132 valence electrons. The number of carbonyl (C=O) groups excluding carboxylic acids is 1. The van der Waals surface area contributed by atoms with Crippen molar-refractivity contribution in [2.24, 2.45) is 0 Å². The van der Waals surface area contributed by atoms with Crippen LogP contribution in [0, 0.1) is 0 Å². The van der Waals surface area contributed by atoms with Gasteiger partial charge in [0, 0.05) is 13.1 Å². The van der Waals surface area contributed by atoms with Crippen LogP contribution >= 0.6 is 0 Å². The standard InChI is InChI=1S/C19H16N2O4S/c1-20-17-12-16(25-2)9-10-18(17)26(23,24)21(19(20)22)15-8-7-13-5-3-4-6-14(13)11-15/h3-12H,1-2H3. The van der Waals surface area contributed by atoms with Gasteiger partial charge in [-0.05, 0) is 35.0 Å². The zero-order chi connectivity index (χ0) is 18.5. The topological polar surface area (TPSA) is 66.9 Å². The number of hydrogen-bond acceptors (Lipinski definition) is 4. The number of sulfonamides is 1. The second kappa shape index (κ2) is 5.74. The van der Waals surface area contributed by atoms with Gasteiger partial charge in [0.1, 0.15) is 10.6 Å². The second-order valence-electron chi connectivity index (χ2n) is 5.98. The Kier molecular flexibility index (Phi) is 3.62. The number of benzene rings is 3.